The number of nitrogens with zero attached hydrogens (tertiary/aromatic N) is 4. The van der Waals surface area contributed by atoms with Crippen LogP contribution in [0.25, 0.3) is 16.8 Å². The summed E-state index contributed by atoms with van der Waals surface area (Å²) in [5.74, 6) is 0.581. The number of amides is 1. The predicted molar refractivity (Wildman–Crippen MR) is 149 cm³/mol. The van der Waals surface area contributed by atoms with Gasteiger partial charge in [0.25, 0.3) is 5.91 Å². The second-order valence-corrected chi connectivity index (χ2v) is 10.4. The first kappa shape index (κ1) is 25.5. The van der Waals surface area contributed by atoms with E-state index < -0.39 is 0 Å². The minimum atomic E-state index is -0.254. The molecule has 2 fully saturated rings. The van der Waals surface area contributed by atoms with Gasteiger partial charge in [-0.05, 0) is 54.7 Å². The molecular weight excluding hydrogens is 495 g/mol. The Hall–Kier alpha value is -3.82. The minimum Gasteiger partial charge on any atom is -0.379 e. The number of rotatable bonds is 9. The molecule has 0 spiro atoms. The molecule has 1 aliphatic carbocycles. The normalized spacial score (nSPS) is 15.9. The molecule has 1 amide bonds. The van der Waals surface area contributed by atoms with Crippen molar-refractivity contribution in [3.05, 3.63) is 82.9 Å². The molecule has 2 aromatic carbocycles. The Kier molecular flexibility index (Phi) is 7.26. The first-order chi connectivity index (χ1) is 19.0. The van der Waals surface area contributed by atoms with Gasteiger partial charge in [-0.2, -0.15) is 9.61 Å². The molecule has 1 saturated heterocycles. The van der Waals surface area contributed by atoms with Crippen molar-refractivity contribution in [2.75, 3.05) is 44.7 Å². The van der Waals surface area contributed by atoms with E-state index in [1.807, 2.05) is 41.9 Å². The monoisotopic (exact) mass is 528 g/mol. The fourth-order valence-corrected chi connectivity index (χ4v) is 4.99. The summed E-state index contributed by atoms with van der Waals surface area (Å²) in [6.07, 6.45) is 4.51. The number of morpholine rings is 1. The van der Waals surface area contributed by atoms with Crippen LogP contribution in [0.5, 0.6) is 0 Å². The molecule has 2 aliphatic rings. The number of anilines is 1. The first-order valence-corrected chi connectivity index (χ1v) is 13.6. The summed E-state index contributed by atoms with van der Waals surface area (Å²) in [6.45, 7) is 7.02. The average Bonchev–Trinajstić information content (AvgIpc) is 3.65. The third kappa shape index (κ3) is 5.94. The van der Waals surface area contributed by atoms with Crippen molar-refractivity contribution in [1.29, 1.82) is 0 Å². The third-order valence-corrected chi connectivity index (χ3v) is 7.36. The van der Waals surface area contributed by atoms with E-state index in [-0.39, 0.29) is 11.7 Å². The number of benzene rings is 2. The highest BCUT2D eigenvalue weighted by atomic mass is 19.1. The van der Waals surface area contributed by atoms with Gasteiger partial charge in [0.1, 0.15) is 11.6 Å². The maximum absolute atomic E-state index is 13.5. The van der Waals surface area contributed by atoms with E-state index in [9.17, 15) is 9.18 Å². The molecule has 0 bridgehead atoms. The number of hydrogen-bond donors (Lipinski definition) is 2. The number of aromatic nitrogens is 3. The molecule has 0 unspecified atom stereocenters. The number of halogens is 1. The van der Waals surface area contributed by atoms with Crippen molar-refractivity contribution in [1.82, 2.24) is 24.8 Å². The van der Waals surface area contributed by atoms with Crippen LogP contribution in [-0.4, -0.2) is 70.8 Å². The zero-order chi connectivity index (χ0) is 26.8. The molecule has 2 N–H and O–H groups in total. The van der Waals surface area contributed by atoms with Crippen LogP contribution < -0.4 is 10.6 Å². The van der Waals surface area contributed by atoms with Gasteiger partial charge < -0.3 is 15.4 Å². The fraction of sp³-hybridized carbons (Fsp3) is 0.367. The smallest absolute Gasteiger partial charge is 0.251 e. The van der Waals surface area contributed by atoms with Crippen LogP contribution in [0.1, 0.15) is 40.0 Å². The molecule has 1 saturated carbocycles. The number of fused-ring (bicyclic) bond motifs is 1. The van der Waals surface area contributed by atoms with Crippen LogP contribution in [0, 0.1) is 12.7 Å². The molecule has 9 heteroatoms. The van der Waals surface area contributed by atoms with E-state index in [0.29, 0.717) is 18.0 Å². The Morgan fingerprint density at radius 1 is 1.10 bits per heavy atom. The summed E-state index contributed by atoms with van der Waals surface area (Å²) >= 11 is 0. The molecule has 8 nitrogen and oxygen atoms in total. The third-order valence-electron chi connectivity index (χ3n) is 7.36. The van der Waals surface area contributed by atoms with Crippen LogP contribution >= 0.6 is 0 Å². The summed E-state index contributed by atoms with van der Waals surface area (Å²) in [7, 11) is 0. The standard InChI is InChI=1S/C30H33FN6O2/c1-20-16-22(4-9-26(20)30(38)35-24-7-8-24)27-19-33-37-28(32-10-11-36-12-14-39-15-13-36)18-25(34-29(27)37)17-21-2-5-23(31)6-3-21/h2-6,9,16,18-19,24,32H,7-8,10-15,17H2,1H3,(H,35,38). The number of hydrogen-bond acceptors (Lipinski definition) is 6. The van der Waals surface area contributed by atoms with E-state index >= 15 is 0 Å². The Morgan fingerprint density at radius 2 is 1.90 bits per heavy atom. The topological polar surface area (TPSA) is 83.8 Å². The molecule has 0 radical (unpaired) electrons. The fourth-order valence-electron chi connectivity index (χ4n) is 4.99. The largest absolute Gasteiger partial charge is 0.379 e. The summed E-state index contributed by atoms with van der Waals surface area (Å²) in [6, 6.07) is 14.7. The van der Waals surface area contributed by atoms with E-state index in [2.05, 4.69) is 20.6 Å². The molecule has 3 heterocycles. The maximum atomic E-state index is 13.5. The summed E-state index contributed by atoms with van der Waals surface area (Å²) in [4.78, 5) is 20.0. The zero-order valence-corrected chi connectivity index (χ0v) is 22.1. The Balaban J connectivity index is 1.31. The average molecular weight is 529 g/mol. The van der Waals surface area contributed by atoms with Crippen molar-refractivity contribution >= 4 is 17.4 Å². The van der Waals surface area contributed by atoms with Crippen LogP contribution in [0.15, 0.2) is 54.7 Å². The van der Waals surface area contributed by atoms with Crippen molar-refractivity contribution in [3.63, 3.8) is 0 Å². The van der Waals surface area contributed by atoms with Gasteiger partial charge in [0.2, 0.25) is 0 Å². The van der Waals surface area contributed by atoms with Crippen molar-refractivity contribution in [3.8, 4) is 11.1 Å². The molecule has 0 atom stereocenters. The maximum Gasteiger partial charge on any atom is 0.251 e. The van der Waals surface area contributed by atoms with Gasteiger partial charge in [0.05, 0.1) is 25.1 Å². The lowest BCUT2D eigenvalue weighted by Gasteiger charge is -2.26. The number of carbonyl (C=O) groups is 1. The summed E-state index contributed by atoms with van der Waals surface area (Å²) < 4.78 is 20.8. The lowest BCUT2D eigenvalue weighted by molar-refractivity contribution is 0.0398. The molecule has 1 aliphatic heterocycles. The molecule has 2 aromatic heterocycles. The number of ether oxygens (including phenoxy) is 1. The Morgan fingerprint density at radius 3 is 2.64 bits per heavy atom. The van der Waals surface area contributed by atoms with Crippen LogP contribution in [-0.2, 0) is 11.2 Å². The number of nitrogens with one attached hydrogen (secondary N) is 2. The van der Waals surface area contributed by atoms with Crippen molar-refractivity contribution < 1.29 is 13.9 Å². The van der Waals surface area contributed by atoms with Gasteiger partial charge >= 0.3 is 0 Å². The second kappa shape index (κ2) is 11.1. The van der Waals surface area contributed by atoms with E-state index in [4.69, 9.17) is 9.72 Å². The molecule has 4 aromatic rings. The van der Waals surface area contributed by atoms with Gasteiger partial charge in [0.15, 0.2) is 5.65 Å². The molecule has 202 valence electrons. The van der Waals surface area contributed by atoms with E-state index in [1.54, 1.807) is 12.1 Å². The number of aryl methyl sites for hydroxylation is 1. The summed E-state index contributed by atoms with van der Waals surface area (Å²) in [5, 5.41) is 11.3. The molecule has 6 rings (SSSR count). The highest BCUT2D eigenvalue weighted by Crippen LogP contribution is 2.29. The van der Waals surface area contributed by atoms with Gasteiger partial charge in [-0.15, -0.1) is 0 Å². The van der Waals surface area contributed by atoms with Gasteiger partial charge in [-0.1, -0.05) is 24.3 Å². The van der Waals surface area contributed by atoms with Crippen molar-refractivity contribution in [2.24, 2.45) is 0 Å². The minimum absolute atomic E-state index is 0.0205. The van der Waals surface area contributed by atoms with Crippen LogP contribution in [0.4, 0.5) is 10.2 Å². The van der Waals surface area contributed by atoms with E-state index in [0.717, 1.165) is 91.6 Å². The van der Waals surface area contributed by atoms with Crippen LogP contribution in [0.2, 0.25) is 0 Å². The summed E-state index contributed by atoms with van der Waals surface area (Å²) in [5.41, 5.74) is 6.03. The van der Waals surface area contributed by atoms with Gasteiger partial charge in [-0.25, -0.2) is 9.37 Å². The van der Waals surface area contributed by atoms with Crippen molar-refractivity contribution in [2.45, 2.75) is 32.2 Å². The first-order valence-electron chi connectivity index (χ1n) is 13.6. The molecular formula is C30H33FN6O2. The lowest BCUT2D eigenvalue weighted by atomic mass is 10.0. The van der Waals surface area contributed by atoms with Crippen LogP contribution in [0.3, 0.4) is 0 Å². The lowest BCUT2D eigenvalue weighted by Crippen LogP contribution is -2.39. The Bertz CT molecular complexity index is 1480. The predicted octanol–water partition coefficient (Wildman–Crippen LogP) is 4.07. The second-order valence-electron chi connectivity index (χ2n) is 10.4. The van der Waals surface area contributed by atoms with Gasteiger partial charge in [0, 0.05) is 55.8 Å². The highest BCUT2D eigenvalue weighted by molar-refractivity contribution is 5.97. The van der Waals surface area contributed by atoms with E-state index in [1.165, 1.54) is 12.1 Å². The Labute approximate surface area is 227 Å². The quantitative estimate of drug-likeness (QED) is 0.341. The SMILES string of the molecule is Cc1cc(-c2cnn3c(NCCN4CCOCC4)cc(Cc4ccc(F)cc4)nc23)ccc1C(=O)NC1CC1. The zero-order valence-electron chi connectivity index (χ0n) is 22.1. The number of carbonyl (C=O) groups excluding carboxylic acids is 1. The molecule has 39 heavy (non-hydrogen) atoms. The highest BCUT2D eigenvalue weighted by Gasteiger charge is 2.24. The van der Waals surface area contributed by atoms with Gasteiger partial charge in [-0.3, -0.25) is 9.69 Å².